The zero-order valence-electron chi connectivity index (χ0n) is 15.7. The fraction of sp³-hybridized carbons (Fsp3) is 0.318. The van der Waals surface area contributed by atoms with Crippen molar-refractivity contribution in [2.45, 2.75) is 19.9 Å². The summed E-state index contributed by atoms with van der Waals surface area (Å²) in [7, 11) is 0. The molecule has 0 aliphatic rings. The molecular formula is C22H25ClN2O2. The summed E-state index contributed by atoms with van der Waals surface area (Å²) in [5.41, 5.74) is 1.81. The molecule has 1 unspecified atom stereocenters. The van der Waals surface area contributed by atoms with Gasteiger partial charge in [-0.1, -0.05) is 61.8 Å². The zero-order valence-corrected chi connectivity index (χ0v) is 16.5. The Labute approximate surface area is 165 Å². The van der Waals surface area contributed by atoms with Gasteiger partial charge in [0.1, 0.15) is 5.58 Å². The number of halogens is 1. The van der Waals surface area contributed by atoms with Crippen molar-refractivity contribution in [3.8, 4) is 0 Å². The van der Waals surface area contributed by atoms with Crippen molar-refractivity contribution in [2.75, 3.05) is 26.2 Å². The summed E-state index contributed by atoms with van der Waals surface area (Å²) in [6.07, 6.45) is 0. The summed E-state index contributed by atoms with van der Waals surface area (Å²) in [5, 5.41) is 4.99. The van der Waals surface area contributed by atoms with Crippen LogP contribution in [0.3, 0.4) is 0 Å². The van der Waals surface area contributed by atoms with E-state index in [-0.39, 0.29) is 18.4 Å². The van der Waals surface area contributed by atoms with Gasteiger partial charge in [-0.2, -0.15) is 0 Å². The quantitative estimate of drug-likeness (QED) is 0.530. The fourth-order valence-corrected chi connectivity index (χ4v) is 3.64. The first-order chi connectivity index (χ1) is 13.1. The number of hydrogen-bond acceptors (Lipinski definition) is 4. The molecule has 0 radical (unpaired) electrons. The maximum Gasteiger partial charge on any atom is 0.211 e. The van der Waals surface area contributed by atoms with Crippen molar-refractivity contribution in [3.05, 3.63) is 70.9 Å². The van der Waals surface area contributed by atoms with Gasteiger partial charge in [0.05, 0.1) is 6.54 Å². The second-order valence-corrected chi connectivity index (χ2v) is 6.87. The van der Waals surface area contributed by atoms with Crippen LogP contribution in [0.2, 0.25) is 5.02 Å². The predicted molar refractivity (Wildman–Crippen MR) is 111 cm³/mol. The molecule has 0 saturated carbocycles. The number of carbonyl (C=O) groups excluding carboxylic acids is 1. The number of likely N-dealkylation sites (N-methyl/N-ethyl adjacent to an activating group) is 1. The highest BCUT2D eigenvalue weighted by Crippen LogP contribution is 2.27. The molecule has 0 aliphatic carbocycles. The van der Waals surface area contributed by atoms with E-state index in [0.717, 1.165) is 34.6 Å². The van der Waals surface area contributed by atoms with Crippen LogP contribution in [0.25, 0.3) is 11.0 Å². The second kappa shape index (κ2) is 9.18. The summed E-state index contributed by atoms with van der Waals surface area (Å²) in [4.78, 5) is 14.8. The summed E-state index contributed by atoms with van der Waals surface area (Å²) in [5.74, 6) is 0.337. The van der Waals surface area contributed by atoms with E-state index in [1.807, 2.05) is 48.5 Å². The smallest absolute Gasteiger partial charge is 0.211 e. The van der Waals surface area contributed by atoms with E-state index in [4.69, 9.17) is 16.0 Å². The molecule has 4 nitrogen and oxygen atoms in total. The minimum absolute atomic E-state index is 0.0522. The topological polar surface area (TPSA) is 45.5 Å². The predicted octanol–water partition coefficient (Wildman–Crippen LogP) is 4.94. The molecule has 0 bridgehead atoms. The number of fused-ring (bicyclic) bond motifs is 1. The van der Waals surface area contributed by atoms with E-state index < -0.39 is 0 Å². The van der Waals surface area contributed by atoms with Crippen LogP contribution in [0.15, 0.2) is 59.0 Å². The van der Waals surface area contributed by atoms with Crippen LogP contribution in [0.1, 0.15) is 36.0 Å². The van der Waals surface area contributed by atoms with Crippen LogP contribution in [0.5, 0.6) is 0 Å². The van der Waals surface area contributed by atoms with Crippen LogP contribution in [-0.4, -0.2) is 36.9 Å². The Bertz CT molecular complexity index is 869. The maximum absolute atomic E-state index is 12.5. The molecule has 2 aromatic carbocycles. The Kier molecular flexibility index (Phi) is 6.67. The molecule has 0 saturated heterocycles. The SMILES string of the molecule is CCN(CC)C(CNCC(=O)c1cc2ccccc2o1)c1ccccc1Cl. The first kappa shape index (κ1) is 19.6. The van der Waals surface area contributed by atoms with Gasteiger partial charge in [0.2, 0.25) is 5.78 Å². The lowest BCUT2D eigenvalue weighted by Crippen LogP contribution is -2.37. The van der Waals surface area contributed by atoms with Gasteiger partial charge in [0.25, 0.3) is 0 Å². The molecule has 0 amide bonds. The molecule has 0 aliphatic heterocycles. The average molecular weight is 385 g/mol. The second-order valence-electron chi connectivity index (χ2n) is 6.46. The Morgan fingerprint density at radius 2 is 1.81 bits per heavy atom. The van der Waals surface area contributed by atoms with E-state index in [0.29, 0.717) is 12.3 Å². The Morgan fingerprint density at radius 1 is 1.11 bits per heavy atom. The Balaban J connectivity index is 1.68. The van der Waals surface area contributed by atoms with Gasteiger partial charge in [-0.25, -0.2) is 0 Å². The van der Waals surface area contributed by atoms with Crippen molar-refractivity contribution in [1.82, 2.24) is 10.2 Å². The van der Waals surface area contributed by atoms with E-state index >= 15 is 0 Å². The minimum Gasteiger partial charge on any atom is -0.453 e. The molecule has 0 fully saturated rings. The third-order valence-corrected chi connectivity index (χ3v) is 5.19. The minimum atomic E-state index is -0.0522. The molecule has 1 heterocycles. The summed E-state index contributed by atoms with van der Waals surface area (Å²) < 4.78 is 5.66. The number of nitrogens with one attached hydrogen (secondary N) is 1. The summed E-state index contributed by atoms with van der Waals surface area (Å²) in [6, 6.07) is 17.4. The zero-order chi connectivity index (χ0) is 19.2. The van der Waals surface area contributed by atoms with Crippen LogP contribution in [0, 0.1) is 0 Å². The van der Waals surface area contributed by atoms with Crippen molar-refractivity contribution in [3.63, 3.8) is 0 Å². The van der Waals surface area contributed by atoms with Crippen molar-refractivity contribution in [1.29, 1.82) is 0 Å². The number of hydrogen-bond donors (Lipinski definition) is 1. The van der Waals surface area contributed by atoms with E-state index in [2.05, 4.69) is 24.1 Å². The summed E-state index contributed by atoms with van der Waals surface area (Å²) >= 11 is 6.42. The number of Topliss-reactive ketones (excluding diaryl/α,β-unsaturated/α-hetero) is 1. The lowest BCUT2D eigenvalue weighted by atomic mass is 10.0. The molecule has 3 aromatic rings. The molecule has 5 heteroatoms. The highest BCUT2D eigenvalue weighted by molar-refractivity contribution is 6.31. The molecular weight excluding hydrogens is 360 g/mol. The Hall–Kier alpha value is -2.14. The number of benzene rings is 2. The Morgan fingerprint density at radius 3 is 2.52 bits per heavy atom. The molecule has 1 atom stereocenters. The van der Waals surface area contributed by atoms with Gasteiger partial charge in [-0.15, -0.1) is 0 Å². The lowest BCUT2D eigenvalue weighted by molar-refractivity contribution is 0.0962. The number of furan rings is 1. The van der Waals surface area contributed by atoms with E-state index in [9.17, 15) is 4.79 Å². The van der Waals surface area contributed by atoms with E-state index in [1.54, 1.807) is 6.07 Å². The van der Waals surface area contributed by atoms with Crippen LogP contribution in [0.4, 0.5) is 0 Å². The number of carbonyl (C=O) groups is 1. The van der Waals surface area contributed by atoms with Crippen LogP contribution in [-0.2, 0) is 0 Å². The number of rotatable bonds is 9. The number of para-hydroxylation sites is 1. The fourth-order valence-electron chi connectivity index (χ4n) is 3.37. The first-order valence-electron chi connectivity index (χ1n) is 9.35. The average Bonchev–Trinajstić information content (AvgIpc) is 3.12. The van der Waals surface area contributed by atoms with E-state index in [1.165, 1.54) is 0 Å². The standard InChI is InChI=1S/C22H25ClN2O2/c1-3-25(4-2)19(17-10-6-7-11-18(17)23)14-24-15-20(26)22-13-16-9-5-8-12-21(16)27-22/h5-13,19,24H,3-4,14-15H2,1-2H3. The number of ketones is 1. The number of nitrogens with zero attached hydrogens (tertiary/aromatic N) is 1. The van der Waals surface area contributed by atoms with Crippen LogP contribution < -0.4 is 5.32 Å². The van der Waals surface area contributed by atoms with Crippen molar-refractivity contribution in [2.24, 2.45) is 0 Å². The van der Waals surface area contributed by atoms with Gasteiger partial charge < -0.3 is 9.73 Å². The van der Waals surface area contributed by atoms with Crippen molar-refractivity contribution >= 4 is 28.4 Å². The largest absolute Gasteiger partial charge is 0.453 e. The third-order valence-electron chi connectivity index (χ3n) is 4.84. The highest BCUT2D eigenvalue weighted by atomic mass is 35.5. The van der Waals surface area contributed by atoms with Gasteiger partial charge in [0, 0.05) is 23.0 Å². The molecule has 0 spiro atoms. The monoisotopic (exact) mass is 384 g/mol. The van der Waals surface area contributed by atoms with Gasteiger partial charge >= 0.3 is 0 Å². The van der Waals surface area contributed by atoms with Crippen LogP contribution >= 0.6 is 11.6 Å². The molecule has 1 N–H and O–H groups in total. The third kappa shape index (κ3) is 4.59. The van der Waals surface area contributed by atoms with Gasteiger partial charge in [-0.05, 0) is 36.9 Å². The molecule has 27 heavy (non-hydrogen) atoms. The molecule has 1 aromatic heterocycles. The first-order valence-corrected chi connectivity index (χ1v) is 9.72. The molecule has 3 rings (SSSR count). The maximum atomic E-state index is 12.5. The molecule has 142 valence electrons. The van der Waals surface area contributed by atoms with Gasteiger partial charge in [0.15, 0.2) is 5.76 Å². The summed E-state index contributed by atoms with van der Waals surface area (Å²) in [6.45, 7) is 6.94. The highest BCUT2D eigenvalue weighted by Gasteiger charge is 2.21. The lowest BCUT2D eigenvalue weighted by Gasteiger charge is -2.31. The normalized spacial score (nSPS) is 12.6. The van der Waals surface area contributed by atoms with Crippen molar-refractivity contribution < 1.29 is 9.21 Å². The van der Waals surface area contributed by atoms with Gasteiger partial charge in [-0.3, -0.25) is 9.69 Å².